The van der Waals surface area contributed by atoms with E-state index in [4.69, 9.17) is 0 Å². The number of hydrogen-bond acceptors (Lipinski definition) is 3. The number of hydrogen-bond donors (Lipinski definition) is 0. The lowest BCUT2D eigenvalue weighted by Crippen LogP contribution is -2.42. The van der Waals surface area contributed by atoms with Crippen molar-refractivity contribution in [2.45, 2.75) is 48.7 Å². The Morgan fingerprint density at radius 3 is 2.24 bits per heavy atom. The zero-order chi connectivity index (χ0) is 26.2. The van der Waals surface area contributed by atoms with Crippen molar-refractivity contribution in [3.05, 3.63) is 90.0 Å². The second-order valence-electron chi connectivity index (χ2n) is 10.5. The topological polar surface area (TPSA) is 54.5 Å². The molecule has 0 aromatic heterocycles. The molecule has 4 nitrogen and oxygen atoms in total. The molecule has 1 saturated carbocycles. The van der Waals surface area contributed by atoms with Gasteiger partial charge < -0.3 is 4.90 Å². The summed E-state index contributed by atoms with van der Waals surface area (Å²) in [5.74, 6) is -0.613. The van der Waals surface area contributed by atoms with Gasteiger partial charge in [-0.15, -0.1) is 0 Å². The first kappa shape index (κ1) is 25.6. The molecule has 1 aliphatic heterocycles. The number of halogens is 2. The molecule has 0 spiro atoms. The molecule has 3 aromatic carbocycles. The van der Waals surface area contributed by atoms with Crippen LogP contribution in [-0.2, 0) is 19.4 Å². The molecule has 1 amide bonds. The van der Waals surface area contributed by atoms with E-state index in [0.29, 0.717) is 22.6 Å². The van der Waals surface area contributed by atoms with Crippen LogP contribution in [0.5, 0.6) is 0 Å². The van der Waals surface area contributed by atoms with E-state index in [0.717, 1.165) is 37.8 Å². The number of carbonyl (C=O) groups is 1. The van der Waals surface area contributed by atoms with Crippen LogP contribution >= 0.6 is 0 Å². The van der Waals surface area contributed by atoms with E-state index in [1.807, 2.05) is 18.2 Å². The maximum absolute atomic E-state index is 15.5. The van der Waals surface area contributed by atoms with E-state index < -0.39 is 26.2 Å². The summed E-state index contributed by atoms with van der Waals surface area (Å²) in [5.41, 5.74) is 1.37. The quantitative estimate of drug-likeness (QED) is 0.366. The Bertz CT molecular complexity index is 1380. The summed E-state index contributed by atoms with van der Waals surface area (Å²) in [6.07, 6.45) is 3.71. The fraction of sp³-hybridized carbons (Fsp3) is 0.367. The Labute approximate surface area is 217 Å². The third kappa shape index (κ3) is 4.70. The molecule has 0 radical (unpaired) electrons. The van der Waals surface area contributed by atoms with Gasteiger partial charge in [-0.25, -0.2) is 17.2 Å². The maximum atomic E-state index is 15.5. The summed E-state index contributed by atoms with van der Waals surface area (Å²) < 4.78 is 55.8. The Morgan fingerprint density at radius 1 is 0.919 bits per heavy atom. The Morgan fingerprint density at radius 2 is 1.59 bits per heavy atom. The van der Waals surface area contributed by atoms with Crippen LogP contribution in [0.15, 0.2) is 77.7 Å². The van der Waals surface area contributed by atoms with Crippen molar-refractivity contribution < 1.29 is 22.0 Å². The van der Waals surface area contributed by atoms with Gasteiger partial charge in [-0.1, -0.05) is 49.4 Å². The molecule has 0 bridgehead atoms. The minimum atomic E-state index is -4.10. The van der Waals surface area contributed by atoms with Crippen molar-refractivity contribution >= 4 is 15.7 Å². The van der Waals surface area contributed by atoms with Crippen molar-refractivity contribution in [2.24, 2.45) is 11.8 Å². The predicted molar refractivity (Wildman–Crippen MR) is 139 cm³/mol. The summed E-state index contributed by atoms with van der Waals surface area (Å²) in [6, 6.07) is 18.3. The maximum Gasteiger partial charge on any atom is 0.225 e. The van der Waals surface area contributed by atoms with Gasteiger partial charge in [-0.05, 0) is 79.5 Å². The van der Waals surface area contributed by atoms with Crippen LogP contribution in [-0.4, -0.2) is 32.3 Å². The summed E-state index contributed by atoms with van der Waals surface area (Å²) in [6.45, 7) is 2.40. The number of nitrogens with zero attached hydrogens (tertiary/aromatic N) is 1. The SMILES string of the molecule is CC1CCC(C(=O)N2CC[C@](c3ccc(-c4ccccc4)c(F)c3)(S(=O)(=O)c3ccc(F)cc3)C2)CC1. The van der Waals surface area contributed by atoms with Crippen LogP contribution in [0.2, 0.25) is 0 Å². The number of rotatable bonds is 5. The molecule has 2 fully saturated rings. The van der Waals surface area contributed by atoms with E-state index >= 15 is 4.39 Å². The van der Waals surface area contributed by atoms with E-state index in [9.17, 15) is 17.6 Å². The lowest BCUT2D eigenvalue weighted by molar-refractivity contribution is -0.135. The number of benzene rings is 3. The average molecular weight is 524 g/mol. The molecule has 1 aliphatic carbocycles. The Hall–Kier alpha value is -3.06. The average Bonchev–Trinajstić information content (AvgIpc) is 3.37. The van der Waals surface area contributed by atoms with Crippen LogP contribution in [0.4, 0.5) is 8.78 Å². The molecule has 0 unspecified atom stereocenters. The second-order valence-corrected chi connectivity index (χ2v) is 12.7. The van der Waals surface area contributed by atoms with Crippen LogP contribution in [0.1, 0.15) is 44.6 Å². The zero-order valence-electron chi connectivity index (χ0n) is 20.9. The molecular formula is C30H31F2NO3S. The summed E-state index contributed by atoms with van der Waals surface area (Å²) in [7, 11) is -4.10. The molecule has 0 N–H and O–H groups in total. The van der Waals surface area contributed by atoms with Crippen LogP contribution in [0.25, 0.3) is 11.1 Å². The van der Waals surface area contributed by atoms with Gasteiger partial charge in [0.05, 0.1) is 4.90 Å². The third-order valence-corrected chi connectivity index (χ3v) is 10.6. The highest BCUT2D eigenvalue weighted by Gasteiger charge is 2.52. The molecule has 5 rings (SSSR count). The van der Waals surface area contributed by atoms with Crippen LogP contribution < -0.4 is 0 Å². The van der Waals surface area contributed by atoms with Crippen molar-refractivity contribution in [3.63, 3.8) is 0 Å². The van der Waals surface area contributed by atoms with Gasteiger partial charge in [0.1, 0.15) is 16.4 Å². The van der Waals surface area contributed by atoms with Crippen molar-refractivity contribution in [2.75, 3.05) is 13.1 Å². The van der Waals surface area contributed by atoms with Gasteiger partial charge in [0.2, 0.25) is 5.91 Å². The van der Waals surface area contributed by atoms with Gasteiger partial charge in [0, 0.05) is 24.6 Å². The molecule has 194 valence electrons. The molecule has 3 aromatic rings. The lowest BCUT2D eigenvalue weighted by atomic mass is 9.82. The first-order valence-corrected chi connectivity index (χ1v) is 14.3. The fourth-order valence-electron chi connectivity index (χ4n) is 5.84. The monoisotopic (exact) mass is 523 g/mol. The number of likely N-dealkylation sites (tertiary alicyclic amines) is 1. The molecule has 37 heavy (non-hydrogen) atoms. The molecular weight excluding hydrogens is 492 g/mol. The highest BCUT2D eigenvalue weighted by Crippen LogP contribution is 2.45. The molecule has 2 aliphatic rings. The smallest absolute Gasteiger partial charge is 0.225 e. The Balaban J connectivity index is 1.55. The van der Waals surface area contributed by atoms with Crippen molar-refractivity contribution in [1.82, 2.24) is 4.90 Å². The second kappa shape index (κ2) is 10.0. The van der Waals surface area contributed by atoms with E-state index in [-0.39, 0.29) is 36.2 Å². The number of carbonyl (C=O) groups excluding carboxylic acids is 1. The lowest BCUT2D eigenvalue weighted by Gasteiger charge is -2.32. The van der Waals surface area contributed by atoms with Gasteiger partial charge in [-0.2, -0.15) is 0 Å². The summed E-state index contributed by atoms with van der Waals surface area (Å²) >= 11 is 0. The fourth-order valence-corrected chi connectivity index (χ4v) is 7.90. The minimum Gasteiger partial charge on any atom is -0.340 e. The van der Waals surface area contributed by atoms with Crippen LogP contribution in [0.3, 0.4) is 0 Å². The standard InChI is InChI=1S/C30H31F2NO3S/c1-21-7-9-23(10-8-21)29(34)33-18-17-30(20-33,37(35,36)26-14-12-25(31)13-15-26)24-11-16-27(28(32)19-24)22-5-3-2-4-6-22/h2-6,11-16,19,21,23H,7-10,17-18,20H2,1H3/t21?,23?,30-/m0/s1. The minimum absolute atomic E-state index is 0.0236. The predicted octanol–water partition coefficient (Wildman–Crippen LogP) is 6.36. The first-order valence-electron chi connectivity index (χ1n) is 12.9. The number of amides is 1. The molecule has 1 heterocycles. The first-order chi connectivity index (χ1) is 17.7. The molecule has 1 atom stereocenters. The van der Waals surface area contributed by atoms with Gasteiger partial charge in [-0.3, -0.25) is 4.79 Å². The van der Waals surface area contributed by atoms with E-state index in [1.54, 1.807) is 29.2 Å². The molecule has 1 saturated heterocycles. The van der Waals surface area contributed by atoms with Crippen molar-refractivity contribution in [1.29, 1.82) is 0 Å². The largest absolute Gasteiger partial charge is 0.340 e. The van der Waals surface area contributed by atoms with E-state index in [1.165, 1.54) is 18.2 Å². The summed E-state index contributed by atoms with van der Waals surface area (Å²) in [4.78, 5) is 15.1. The summed E-state index contributed by atoms with van der Waals surface area (Å²) in [5, 5.41) is 0. The van der Waals surface area contributed by atoms with Gasteiger partial charge >= 0.3 is 0 Å². The van der Waals surface area contributed by atoms with Crippen molar-refractivity contribution in [3.8, 4) is 11.1 Å². The van der Waals surface area contributed by atoms with Gasteiger partial charge in [0.15, 0.2) is 9.84 Å². The highest BCUT2D eigenvalue weighted by molar-refractivity contribution is 7.92. The third-order valence-electron chi connectivity index (χ3n) is 8.13. The highest BCUT2D eigenvalue weighted by atomic mass is 32.2. The number of sulfone groups is 1. The molecule has 7 heteroatoms. The zero-order valence-corrected chi connectivity index (χ0v) is 21.7. The van der Waals surface area contributed by atoms with E-state index in [2.05, 4.69) is 6.92 Å². The Kier molecular flexibility index (Phi) is 6.92. The normalized spacial score (nSPS) is 24.2. The van der Waals surface area contributed by atoms with Gasteiger partial charge in [0.25, 0.3) is 0 Å². The van der Waals surface area contributed by atoms with Crippen LogP contribution in [0, 0.1) is 23.5 Å².